The van der Waals surface area contributed by atoms with Crippen molar-refractivity contribution in [1.29, 1.82) is 0 Å². The van der Waals surface area contributed by atoms with E-state index < -0.39 is 6.04 Å². The molecule has 1 aromatic heterocycles. The second-order valence-corrected chi connectivity index (χ2v) is 6.30. The molecule has 2 aromatic carbocycles. The summed E-state index contributed by atoms with van der Waals surface area (Å²) in [6.07, 6.45) is 0. The van der Waals surface area contributed by atoms with E-state index in [2.05, 4.69) is 10.4 Å². The van der Waals surface area contributed by atoms with Crippen molar-refractivity contribution in [2.24, 2.45) is 0 Å². The van der Waals surface area contributed by atoms with E-state index >= 15 is 0 Å². The molecule has 0 saturated carbocycles. The summed E-state index contributed by atoms with van der Waals surface area (Å²) >= 11 is 0. The minimum Gasteiger partial charge on any atom is -0.454 e. The first kappa shape index (κ1) is 14.8. The van der Waals surface area contributed by atoms with Gasteiger partial charge in [-0.2, -0.15) is 0 Å². The number of para-hydroxylation sites is 1. The fraction of sp³-hybridized carbons (Fsp3) is 0.158. The molecule has 1 unspecified atom stereocenters. The minimum absolute atomic E-state index is 0.175. The zero-order valence-electron chi connectivity index (χ0n) is 13.9. The lowest BCUT2D eigenvalue weighted by Gasteiger charge is -2.35. The lowest BCUT2D eigenvalue weighted by Crippen LogP contribution is -2.51. The monoisotopic (exact) mass is 349 g/mol. The zero-order chi connectivity index (χ0) is 17.8. The maximum Gasteiger partial charge on any atom is 0.272 e. The van der Waals surface area contributed by atoms with Crippen LogP contribution in [0.25, 0.3) is 10.9 Å². The highest BCUT2D eigenvalue weighted by Crippen LogP contribution is 2.40. The average molecular weight is 349 g/mol. The molecule has 0 spiro atoms. The number of hydrogen-bond acceptors (Lipinski definition) is 4. The van der Waals surface area contributed by atoms with Gasteiger partial charge in [0, 0.05) is 17.8 Å². The van der Waals surface area contributed by atoms with Gasteiger partial charge in [0.2, 0.25) is 12.7 Å². The molecule has 2 aliphatic rings. The smallest absolute Gasteiger partial charge is 0.272 e. The topological polar surface area (TPSA) is 83.7 Å². The summed E-state index contributed by atoms with van der Waals surface area (Å²) in [5, 5.41) is 2.17. The predicted molar refractivity (Wildman–Crippen MR) is 92.7 cm³/mol. The molecule has 7 nitrogen and oxygen atoms in total. The molecule has 5 rings (SSSR count). The number of amides is 2. The van der Waals surface area contributed by atoms with Gasteiger partial charge in [0.15, 0.2) is 11.5 Å². The molecule has 0 fully saturated rings. The number of benzene rings is 2. The summed E-state index contributed by atoms with van der Waals surface area (Å²) in [5.41, 5.74) is 5.63. The van der Waals surface area contributed by atoms with Crippen LogP contribution in [-0.4, -0.2) is 28.6 Å². The number of aromatic nitrogens is 1. The lowest BCUT2D eigenvalue weighted by molar-refractivity contribution is -0.133. The molecule has 2 N–H and O–H groups in total. The molecule has 2 amide bonds. The first-order valence-electron chi connectivity index (χ1n) is 8.24. The van der Waals surface area contributed by atoms with Crippen LogP contribution in [0.5, 0.6) is 11.5 Å². The third kappa shape index (κ3) is 2.00. The van der Waals surface area contributed by atoms with Gasteiger partial charge in [-0.25, -0.2) is 5.01 Å². The number of rotatable bonds is 1. The molecular formula is C19H15N3O4. The molecule has 3 aromatic rings. The van der Waals surface area contributed by atoms with Crippen LogP contribution in [0.15, 0.2) is 42.5 Å². The van der Waals surface area contributed by atoms with Crippen molar-refractivity contribution in [2.45, 2.75) is 13.0 Å². The van der Waals surface area contributed by atoms with Crippen molar-refractivity contribution in [3.05, 3.63) is 59.3 Å². The molecule has 0 radical (unpaired) electrons. The van der Waals surface area contributed by atoms with E-state index in [9.17, 15) is 9.59 Å². The highest BCUT2D eigenvalue weighted by atomic mass is 16.7. The molecule has 2 aliphatic heterocycles. The van der Waals surface area contributed by atoms with Gasteiger partial charge < -0.3 is 14.5 Å². The van der Waals surface area contributed by atoms with E-state index in [0.717, 1.165) is 16.5 Å². The van der Waals surface area contributed by atoms with Crippen LogP contribution in [0.1, 0.15) is 34.6 Å². The summed E-state index contributed by atoms with van der Waals surface area (Å²) in [7, 11) is 0. The maximum atomic E-state index is 12.7. The average Bonchev–Trinajstić information content (AvgIpc) is 3.25. The fourth-order valence-electron chi connectivity index (χ4n) is 3.63. The maximum absolute atomic E-state index is 12.7. The Balaban J connectivity index is 1.75. The van der Waals surface area contributed by atoms with Crippen LogP contribution in [0, 0.1) is 0 Å². The van der Waals surface area contributed by atoms with Crippen LogP contribution in [0.2, 0.25) is 0 Å². The summed E-state index contributed by atoms with van der Waals surface area (Å²) in [6.45, 7) is 1.60. The Hall–Kier alpha value is -3.48. The number of H-pyrrole nitrogens is 1. The van der Waals surface area contributed by atoms with Crippen molar-refractivity contribution >= 4 is 22.7 Å². The molecule has 0 aliphatic carbocycles. The van der Waals surface area contributed by atoms with Gasteiger partial charge in [-0.3, -0.25) is 15.0 Å². The number of nitrogens with one attached hydrogen (secondary N) is 2. The SMILES string of the molecule is CC(=O)N1NC(=O)c2c([nH]c3ccccc23)C1c1ccc2c(c1)OCO2. The third-order valence-corrected chi connectivity index (χ3v) is 4.77. The Morgan fingerprint density at radius 3 is 2.81 bits per heavy atom. The number of fused-ring (bicyclic) bond motifs is 4. The van der Waals surface area contributed by atoms with Gasteiger partial charge in [0.05, 0.1) is 11.3 Å². The summed E-state index contributed by atoms with van der Waals surface area (Å²) < 4.78 is 10.8. The number of hydrazine groups is 1. The number of carbonyl (C=O) groups excluding carboxylic acids is 2. The van der Waals surface area contributed by atoms with Gasteiger partial charge in [0.1, 0.15) is 6.04 Å². The van der Waals surface area contributed by atoms with E-state index in [1.807, 2.05) is 42.5 Å². The number of carbonyl (C=O) groups is 2. The molecule has 0 saturated heterocycles. The van der Waals surface area contributed by atoms with E-state index in [-0.39, 0.29) is 18.6 Å². The molecule has 130 valence electrons. The Kier molecular flexibility index (Phi) is 3.00. The Morgan fingerprint density at radius 1 is 1.15 bits per heavy atom. The number of nitrogens with zero attached hydrogens (tertiary/aromatic N) is 1. The van der Waals surface area contributed by atoms with Crippen LogP contribution < -0.4 is 14.9 Å². The molecule has 7 heteroatoms. The van der Waals surface area contributed by atoms with Gasteiger partial charge in [-0.1, -0.05) is 24.3 Å². The molecule has 26 heavy (non-hydrogen) atoms. The fourth-order valence-corrected chi connectivity index (χ4v) is 3.63. The van der Waals surface area contributed by atoms with Crippen molar-refractivity contribution in [1.82, 2.24) is 15.4 Å². The first-order chi connectivity index (χ1) is 12.6. The van der Waals surface area contributed by atoms with Crippen LogP contribution in [0.4, 0.5) is 0 Å². The molecular weight excluding hydrogens is 334 g/mol. The summed E-state index contributed by atoms with van der Waals surface area (Å²) in [6, 6.07) is 12.6. The van der Waals surface area contributed by atoms with Gasteiger partial charge in [-0.05, 0) is 23.8 Å². The van der Waals surface area contributed by atoms with E-state index in [4.69, 9.17) is 9.47 Å². The predicted octanol–water partition coefficient (Wildman–Crippen LogP) is 2.49. The van der Waals surface area contributed by atoms with Gasteiger partial charge >= 0.3 is 0 Å². The van der Waals surface area contributed by atoms with Crippen molar-refractivity contribution in [3.63, 3.8) is 0 Å². The first-order valence-corrected chi connectivity index (χ1v) is 8.24. The van der Waals surface area contributed by atoms with Crippen molar-refractivity contribution in [3.8, 4) is 11.5 Å². The standard InChI is InChI=1S/C19H15N3O4/c1-10(23)22-18(11-6-7-14-15(8-11)26-9-25-14)17-16(19(24)21-22)12-4-2-3-5-13(12)20-17/h2-8,18,20H,9H2,1H3,(H,21,24). The second-order valence-electron chi connectivity index (χ2n) is 6.30. The lowest BCUT2D eigenvalue weighted by atomic mass is 9.96. The van der Waals surface area contributed by atoms with Crippen LogP contribution in [0.3, 0.4) is 0 Å². The number of hydrogen-bond donors (Lipinski definition) is 2. The highest BCUT2D eigenvalue weighted by Gasteiger charge is 2.38. The van der Waals surface area contributed by atoms with Crippen LogP contribution in [-0.2, 0) is 4.79 Å². The molecule has 1 atom stereocenters. The van der Waals surface area contributed by atoms with E-state index in [1.165, 1.54) is 11.9 Å². The van der Waals surface area contributed by atoms with Gasteiger partial charge in [-0.15, -0.1) is 0 Å². The van der Waals surface area contributed by atoms with Crippen molar-refractivity contribution in [2.75, 3.05) is 6.79 Å². The zero-order valence-corrected chi connectivity index (χ0v) is 13.9. The summed E-state index contributed by atoms with van der Waals surface area (Å²) in [4.78, 5) is 28.2. The largest absolute Gasteiger partial charge is 0.454 e. The van der Waals surface area contributed by atoms with E-state index in [1.54, 1.807) is 0 Å². The highest BCUT2D eigenvalue weighted by molar-refractivity contribution is 6.09. The van der Waals surface area contributed by atoms with Crippen molar-refractivity contribution < 1.29 is 19.1 Å². The normalized spacial score (nSPS) is 18.0. The Bertz CT molecular complexity index is 1070. The van der Waals surface area contributed by atoms with E-state index in [0.29, 0.717) is 22.8 Å². The quantitative estimate of drug-likeness (QED) is 0.707. The molecule has 0 bridgehead atoms. The minimum atomic E-state index is -0.484. The number of aromatic amines is 1. The van der Waals surface area contributed by atoms with Gasteiger partial charge in [0.25, 0.3) is 5.91 Å². The molecule has 3 heterocycles. The second kappa shape index (κ2) is 5.26. The number of ether oxygens (including phenoxy) is 2. The Morgan fingerprint density at radius 2 is 1.96 bits per heavy atom. The Labute approximate surface area is 148 Å². The third-order valence-electron chi connectivity index (χ3n) is 4.77. The summed E-state index contributed by atoms with van der Waals surface area (Å²) in [5.74, 6) is 0.732. The van der Waals surface area contributed by atoms with Crippen LogP contribution >= 0.6 is 0 Å².